The standard InChI is InChI=1S/C17H18FN3O/c18-12-6-7-20-17-13(21-10-19-9-14(21)16(12)17)8-15(22)11-4-2-1-3-5-11/h6-7,9-11,13H,1-5,8H2. The maximum Gasteiger partial charge on any atom is 0.138 e. The lowest BCUT2D eigenvalue weighted by molar-refractivity contribution is -0.124. The zero-order valence-corrected chi connectivity index (χ0v) is 12.3. The van der Waals surface area contributed by atoms with Crippen LogP contribution in [0.25, 0.3) is 11.3 Å². The minimum Gasteiger partial charge on any atom is -0.321 e. The molecule has 1 aliphatic carbocycles. The second kappa shape index (κ2) is 5.30. The average molecular weight is 299 g/mol. The summed E-state index contributed by atoms with van der Waals surface area (Å²) >= 11 is 0. The number of Topliss-reactive ketones (excluding diaryl/α,β-unsaturated/α-hetero) is 1. The maximum atomic E-state index is 14.1. The van der Waals surface area contributed by atoms with Gasteiger partial charge in [-0.1, -0.05) is 19.3 Å². The Labute approximate surface area is 128 Å². The Morgan fingerprint density at radius 2 is 2.14 bits per heavy atom. The average Bonchev–Trinajstić information content (AvgIpc) is 3.11. The monoisotopic (exact) mass is 299 g/mol. The van der Waals surface area contributed by atoms with Crippen LogP contribution in [0.5, 0.6) is 0 Å². The second-order valence-electron chi connectivity index (χ2n) is 6.26. The van der Waals surface area contributed by atoms with E-state index >= 15 is 0 Å². The molecule has 0 spiro atoms. The fourth-order valence-corrected chi connectivity index (χ4v) is 3.81. The Bertz CT molecular complexity index is 718. The van der Waals surface area contributed by atoms with Crippen molar-refractivity contribution >= 4 is 5.78 Å². The SMILES string of the molecule is O=C(CC1c2nccc(F)c2-c2cncn21)C1CCCCC1. The van der Waals surface area contributed by atoms with E-state index in [2.05, 4.69) is 9.97 Å². The van der Waals surface area contributed by atoms with Gasteiger partial charge in [0.1, 0.15) is 11.6 Å². The highest BCUT2D eigenvalue weighted by atomic mass is 19.1. The van der Waals surface area contributed by atoms with Crippen LogP contribution in [0.15, 0.2) is 24.8 Å². The molecule has 1 unspecified atom stereocenters. The number of hydrogen-bond donors (Lipinski definition) is 0. The number of aromatic nitrogens is 3. The van der Waals surface area contributed by atoms with Gasteiger partial charge < -0.3 is 4.57 Å². The predicted octanol–water partition coefficient (Wildman–Crippen LogP) is 3.53. The lowest BCUT2D eigenvalue weighted by atomic mass is 9.84. The number of imidazole rings is 1. The van der Waals surface area contributed by atoms with Crippen LogP contribution in [0.3, 0.4) is 0 Å². The number of rotatable bonds is 3. The number of nitrogens with zero attached hydrogens (tertiary/aromatic N) is 3. The minimum atomic E-state index is -0.292. The summed E-state index contributed by atoms with van der Waals surface area (Å²) in [6.07, 6.45) is 10.7. The topological polar surface area (TPSA) is 47.8 Å². The number of carbonyl (C=O) groups excluding carboxylic acids is 1. The van der Waals surface area contributed by atoms with E-state index in [1.807, 2.05) is 4.57 Å². The van der Waals surface area contributed by atoms with Crippen LogP contribution in [-0.4, -0.2) is 20.3 Å². The summed E-state index contributed by atoms with van der Waals surface area (Å²) in [4.78, 5) is 21.1. The molecule has 0 amide bonds. The molecule has 114 valence electrons. The van der Waals surface area contributed by atoms with Crippen LogP contribution in [0.2, 0.25) is 0 Å². The number of fused-ring (bicyclic) bond motifs is 3. The van der Waals surface area contributed by atoms with Gasteiger partial charge in [-0.3, -0.25) is 9.78 Å². The minimum absolute atomic E-state index is 0.165. The van der Waals surface area contributed by atoms with Gasteiger partial charge in [-0.2, -0.15) is 0 Å². The zero-order chi connectivity index (χ0) is 15.1. The van der Waals surface area contributed by atoms with E-state index in [0.29, 0.717) is 17.7 Å². The summed E-state index contributed by atoms with van der Waals surface area (Å²) in [6, 6.07) is 1.15. The van der Waals surface area contributed by atoms with Crippen LogP contribution in [0.1, 0.15) is 50.3 Å². The van der Waals surface area contributed by atoms with Gasteiger partial charge in [-0.15, -0.1) is 0 Å². The molecule has 0 radical (unpaired) electrons. The van der Waals surface area contributed by atoms with E-state index in [1.54, 1.807) is 12.5 Å². The molecule has 5 heteroatoms. The summed E-state index contributed by atoms with van der Waals surface area (Å²) < 4.78 is 16.0. The van der Waals surface area contributed by atoms with Crippen molar-refractivity contribution in [1.82, 2.24) is 14.5 Å². The molecule has 2 aromatic heterocycles. The van der Waals surface area contributed by atoms with Gasteiger partial charge in [0.2, 0.25) is 0 Å². The number of ketones is 1. The second-order valence-corrected chi connectivity index (χ2v) is 6.26. The number of pyridine rings is 1. The van der Waals surface area contributed by atoms with Crippen molar-refractivity contribution in [2.45, 2.75) is 44.6 Å². The van der Waals surface area contributed by atoms with Crippen molar-refractivity contribution < 1.29 is 9.18 Å². The molecule has 1 fully saturated rings. The first-order valence-electron chi connectivity index (χ1n) is 7.95. The van der Waals surface area contributed by atoms with Crippen LogP contribution < -0.4 is 0 Å². The van der Waals surface area contributed by atoms with E-state index < -0.39 is 0 Å². The van der Waals surface area contributed by atoms with E-state index in [1.165, 1.54) is 18.7 Å². The molecule has 0 N–H and O–H groups in total. The normalized spacial score (nSPS) is 20.7. The van der Waals surface area contributed by atoms with Crippen molar-refractivity contribution in [3.05, 3.63) is 36.3 Å². The van der Waals surface area contributed by atoms with Gasteiger partial charge in [-0.25, -0.2) is 9.37 Å². The van der Waals surface area contributed by atoms with Gasteiger partial charge in [0.25, 0.3) is 0 Å². The van der Waals surface area contributed by atoms with Crippen molar-refractivity contribution in [3.63, 3.8) is 0 Å². The van der Waals surface area contributed by atoms with Crippen molar-refractivity contribution in [2.75, 3.05) is 0 Å². The van der Waals surface area contributed by atoms with Gasteiger partial charge >= 0.3 is 0 Å². The van der Waals surface area contributed by atoms with E-state index in [9.17, 15) is 9.18 Å². The lowest BCUT2D eigenvalue weighted by Crippen LogP contribution is -2.21. The molecule has 2 aromatic rings. The summed E-state index contributed by atoms with van der Waals surface area (Å²) in [5.41, 5.74) is 1.89. The van der Waals surface area contributed by atoms with E-state index in [-0.39, 0.29) is 23.6 Å². The molecule has 4 rings (SSSR count). The van der Waals surface area contributed by atoms with Crippen LogP contribution >= 0.6 is 0 Å². The maximum absolute atomic E-state index is 14.1. The van der Waals surface area contributed by atoms with E-state index in [0.717, 1.165) is 31.4 Å². The number of carbonyl (C=O) groups is 1. The smallest absolute Gasteiger partial charge is 0.138 e. The predicted molar refractivity (Wildman–Crippen MR) is 79.8 cm³/mol. The first-order chi connectivity index (χ1) is 10.8. The van der Waals surface area contributed by atoms with Gasteiger partial charge in [-0.05, 0) is 18.9 Å². The summed E-state index contributed by atoms with van der Waals surface area (Å²) in [6.45, 7) is 0. The first kappa shape index (κ1) is 13.6. The van der Waals surface area contributed by atoms with Gasteiger partial charge in [0.15, 0.2) is 0 Å². The molecule has 4 nitrogen and oxygen atoms in total. The highest BCUT2D eigenvalue weighted by Crippen LogP contribution is 2.41. The number of halogens is 1. The Morgan fingerprint density at radius 1 is 1.32 bits per heavy atom. The molecule has 1 aliphatic heterocycles. The summed E-state index contributed by atoms with van der Waals surface area (Å²) in [7, 11) is 0. The molecule has 22 heavy (non-hydrogen) atoms. The van der Waals surface area contributed by atoms with Crippen LogP contribution in [-0.2, 0) is 4.79 Å². The molecule has 0 aromatic carbocycles. The van der Waals surface area contributed by atoms with Crippen molar-refractivity contribution in [1.29, 1.82) is 0 Å². The Hall–Kier alpha value is -2.04. The van der Waals surface area contributed by atoms with Crippen molar-refractivity contribution in [2.24, 2.45) is 5.92 Å². The fraction of sp³-hybridized carbons (Fsp3) is 0.471. The molecule has 1 atom stereocenters. The molecule has 3 heterocycles. The highest BCUT2D eigenvalue weighted by molar-refractivity contribution is 5.83. The third kappa shape index (κ3) is 2.07. The quantitative estimate of drug-likeness (QED) is 0.871. The van der Waals surface area contributed by atoms with Crippen LogP contribution in [0, 0.1) is 11.7 Å². The van der Waals surface area contributed by atoms with E-state index in [4.69, 9.17) is 0 Å². The van der Waals surface area contributed by atoms with Gasteiger partial charge in [0.05, 0.1) is 35.5 Å². The summed E-state index contributed by atoms with van der Waals surface area (Å²) in [5.74, 6) is 0.154. The van der Waals surface area contributed by atoms with Crippen LogP contribution in [0.4, 0.5) is 4.39 Å². The van der Waals surface area contributed by atoms with Gasteiger partial charge in [0, 0.05) is 18.5 Å². The third-order valence-corrected chi connectivity index (χ3v) is 4.96. The molecule has 2 aliphatic rings. The Balaban J connectivity index is 1.65. The third-order valence-electron chi connectivity index (χ3n) is 4.96. The molecular weight excluding hydrogens is 281 g/mol. The molecule has 1 saturated carbocycles. The number of hydrogen-bond acceptors (Lipinski definition) is 3. The summed E-state index contributed by atoms with van der Waals surface area (Å²) in [5, 5.41) is 0. The molecule has 0 saturated heterocycles. The van der Waals surface area contributed by atoms with Crippen molar-refractivity contribution in [3.8, 4) is 11.3 Å². The Morgan fingerprint density at radius 3 is 2.95 bits per heavy atom. The lowest BCUT2D eigenvalue weighted by Gasteiger charge is -2.22. The molecular formula is C17H18FN3O. The highest BCUT2D eigenvalue weighted by Gasteiger charge is 2.35. The fourth-order valence-electron chi connectivity index (χ4n) is 3.81. The largest absolute Gasteiger partial charge is 0.321 e. The first-order valence-corrected chi connectivity index (χ1v) is 7.95. The Kier molecular flexibility index (Phi) is 3.28. The zero-order valence-electron chi connectivity index (χ0n) is 12.3. The molecule has 0 bridgehead atoms.